The van der Waals surface area contributed by atoms with Gasteiger partial charge in [0.2, 0.25) is 0 Å². The molecule has 0 spiro atoms. The number of benzene rings is 1. The Morgan fingerprint density at radius 3 is 2.33 bits per heavy atom. The van der Waals surface area contributed by atoms with Crippen molar-refractivity contribution in [3.8, 4) is 0 Å². The van der Waals surface area contributed by atoms with Crippen LogP contribution in [0.3, 0.4) is 0 Å². The molecule has 1 heterocycles. The van der Waals surface area contributed by atoms with Crippen molar-refractivity contribution in [3.63, 3.8) is 0 Å². The highest BCUT2D eigenvalue weighted by molar-refractivity contribution is 5.77. The van der Waals surface area contributed by atoms with Crippen molar-refractivity contribution >= 4 is 23.0 Å². The van der Waals surface area contributed by atoms with Crippen LogP contribution in [0.4, 0.5) is 23.0 Å². The molecular weight excluding hydrogens is 298 g/mol. The van der Waals surface area contributed by atoms with E-state index in [1.54, 1.807) is 6.33 Å². The molecule has 0 unspecified atom stereocenters. The highest BCUT2D eigenvalue weighted by Gasteiger charge is 2.15. The molecular formula is C19H27N5. The van der Waals surface area contributed by atoms with Gasteiger partial charge >= 0.3 is 0 Å². The Kier molecular flexibility index (Phi) is 5.51. The van der Waals surface area contributed by atoms with Crippen LogP contribution in [0.1, 0.15) is 51.0 Å². The molecule has 1 aliphatic carbocycles. The molecule has 0 atom stereocenters. The predicted molar refractivity (Wildman–Crippen MR) is 101 cm³/mol. The van der Waals surface area contributed by atoms with Gasteiger partial charge in [0.05, 0.1) is 0 Å². The van der Waals surface area contributed by atoms with Crippen LogP contribution in [-0.2, 0) is 6.42 Å². The van der Waals surface area contributed by atoms with E-state index < -0.39 is 0 Å². The van der Waals surface area contributed by atoms with Gasteiger partial charge in [-0.25, -0.2) is 9.97 Å². The maximum Gasteiger partial charge on any atom is 0.159 e. The largest absolute Gasteiger partial charge is 0.393 e. The number of aromatic nitrogens is 2. The normalized spacial score (nSPS) is 15.7. The van der Waals surface area contributed by atoms with Crippen molar-refractivity contribution in [3.05, 3.63) is 36.2 Å². The molecule has 24 heavy (non-hydrogen) atoms. The molecule has 1 saturated carbocycles. The first kappa shape index (κ1) is 16.6. The topological polar surface area (TPSA) is 75.9 Å². The van der Waals surface area contributed by atoms with Gasteiger partial charge in [0.25, 0.3) is 0 Å². The van der Waals surface area contributed by atoms with E-state index in [4.69, 9.17) is 5.73 Å². The molecule has 3 rings (SSSR count). The number of anilines is 4. The monoisotopic (exact) mass is 325 g/mol. The quantitative estimate of drug-likeness (QED) is 0.706. The molecule has 0 amide bonds. The van der Waals surface area contributed by atoms with Crippen LogP contribution in [0, 0.1) is 0 Å². The zero-order valence-electron chi connectivity index (χ0n) is 14.4. The van der Waals surface area contributed by atoms with Gasteiger partial charge in [-0.3, -0.25) is 0 Å². The number of nitrogens with two attached hydrogens (primary N) is 1. The van der Waals surface area contributed by atoms with E-state index in [0.717, 1.165) is 17.9 Å². The summed E-state index contributed by atoms with van der Waals surface area (Å²) in [5, 5.41) is 6.81. The smallest absolute Gasteiger partial charge is 0.159 e. The Hall–Kier alpha value is -2.30. The first-order valence-electron chi connectivity index (χ1n) is 8.99. The molecule has 0 radical (unpaired) electrons. The predicted octanol–water partition coefficient (Wildman–Crippen LogP) is 4.50. The van der Waals surface area contributed by atoms with E-state index in [1.807, 2.05) is 0 Å². The second-order valence-electron chi connectivity index (χ2n) is 6.49. The van der Waals surface area contributed by atoms with Crippen molar-refractivity contribution in [1.82, 2.24) is 9.97 Å². The van der Waals surface area contributed by atoms with E-state index in [9.17, 15) is 0 Å². The van der Waals surface area contributed by atoms with E-state index in [2.05, 4.69) is 51.8 Å². The minimum Gasteiger partial charge on any atom is -0.393 e. The lowest BCUT2D eigenvalue weighted by Crippen LogP contribution is -2.20. The lowest BCUT2D eigenvalue weighted by atomic mass is 10.1. The number of rotatable bonds is 5. The molecule has 0 aliphatic heterocycles. The van der Waals surface area contributed by atoms with Gasteiger partial charge < -0.3 is 16.4 Å². The minimum atomic E-state index is 0.460. The third-order valence-corrected chi connectivity index (χ3v) is 4.70. The minimum absolute atomic E-state index is 0.460. The van der Waals surface area contributed by atoms with Gasteiger partial charge in [-0.2, -0.15) is 0 Å². The van der Waals surface area contributed by atoms with E-state index >= 15 is 0 Å². The summed E-state index contributed by atoms with van der Waals surface area (Å²) >= 11 is 0. The Morgan fingerprint density at radius 1 is 1.00 bits per heavy atom. The van der Waals surface area contributed by atoms with Gasteiger partial charge in [0.1, 0.15) is 12.0 Å². The highest BCUT2D eigenvalue weighted by atomic mass is 15.1. The third-order valence-electron chi connectivity index (χ3n) is 4.70. The maximum atomic E-state index is 6.29. The number of nitrogens with one attached hydrogen (secondary N) is 2. The van der Waals surface area contributed by atoms with Crippen LogP contribution in [-0.4, -0.2) is 16.0 Å². The van der Waals surface area contributed by atoms with Crippen LogP contribution < -0.4 is 16.4 Å². The summed E-state index contributed by atoms with van der Waals surface area (Å²) in [7, 11) is 0. The first-order chi connectivity index (χ1) is 11.8. The zero-order valence-corrected chi connectivity index (χ0v) is 14.4. The average molecular weight is 325 g/mol. The van der Waals surface area contributed by atoms with Crippen molar-refractivity contribution in [1.29, 1.82) is 0 Å². The molecule has 1 aliphatic rings. The highest BCUT2D eigenvalue weighted by Crippen LogP contribution is 2.28. The molecule has 5 nitrogen and oxygen atoms in total. The molecule has 1 fully saturated rings. The van der Waals surface area contributed by atoms with Gasteiger partial charge in [-0.15, -0.1) is 0 Å². The Bertz CT molecular complexity index is 645. The summed E-state index contributed by atoms with van der Waals surface area (Å²) in [6.45, 7) is 2.15. The standard InChI is InChI=1S/C19H27N5/c1-2-14-9-11-16(12-10-14)24-19-17(20)18(21-13-22-19)23-15-7-5-3-4-6-8-15/h9-13,15H,2-8,20H2,1H3,(H2,21,22,23,24). The number of nitrogen functional groups attached to an aromatic ring is 1. The summed E-state index contributed by atoms with van der Waals surface area (Å²) in [6.07, 6.45) is 10.2. The van der Waals surface area contributed by atoms with E-state index in [1.165, 1.54) is 44.1 Å². The Morgan fingerprint density at radius 2 is 1.67 bits per heavy atom. The fourth-order valence-corrected chi connectivity index (χ4v) is 3.19. The fraction of sp³-hybridized carbons (Fsp3) is 0.474. The van der Waals surface area contributed by atoms with Crippen LogP contribution in [0.25, 0.3) is 0 Å². The van der Waals surface area contributed by atoms with Crippen molar-refractivity contribution in [2.75, 3.05) is 16.4 Å². The summed E-state index contributed by atoms with van der Waals surface area (Å²) in [5.41, 5.74) is 9.17. The van der Waals surface area contributed by atoms with Crippen molar-refractivity contribution in [2.24, 2.45) is 0 Å². The van der Waals surface area contributed by atoms with Gasteiger partial charge in [0.15, 0.2) is 11.6 Å². The lowest BCUT2D eigenvalue weighted by molar-refractivity contribution is 0.618. The molecule has 1 aromatic carbocycles. The SMILES string of the molecule is CCc1ccc(Nc2ncnc(NC3CCCCCC3)c2N)cc1. The van der Waals surface area contributed by atoms with Crippen LogP contribution in [0.2, 0.25) is 0 Å². The lowest BCUT2D eigenvalue weighted by Gasteiger charge is -2.19. The maximum absolute atomic E-state index is 6.29. The van der Waals surface area contributed by atoms with E-state index in [-0.39, 0.29) is 0 Å². The number of hydrogen-bond acceptors (Lipinski definition) is 5. The second kappa shape index (κ2) is 7.99. The average Bonchev–Trinajstić information content (AvgIpc) is 2.88. The summed E-state index contributed by atoms with van der Waals surface area (Å²) in [5.74, 6) is 1.40. The van der Waals surface area contributed by atoms with Crippen LogP contribution >= 0.6 is 0 Å². The summed E-state index contributed by atoms with van der Waals surface area (Å²) < 4.78 is 0. The Balaban J connectivity index is 1.72. The molecule has 5 heteroatoms. The van der Waals surface area contributed by atoms with Crippen LogP contribution in [0.15, 0.2) is 30.6 Å². The van der Waals surface area contributed by atoms with Crippen molar-refractivity contribution in [2.45, 2.75) is 57.9 Å². The number of aryl methyl sites for hydroxylation is 1. The first-order valence-corrected chi connectivity index (χ1v) is 8.99. The summed E-state index contributed by atoms with van der Waals surface area (Å²) in [4.78, 5) is 8.65. The Labute approximate surface area is 144 Å². The van der Waals surface area contributed by atoms with Gasteiger partial charge in [0, 0.05) is 11.7 Å². The zero-order chi connectivity index (χ0) is 16.8. The third kappa shape index (κ3) is 4.16. The van der Waals surface area contributed by atoms with Gasteiger partial charge in [-0.05, 0) is 37.0 Å². The van der Waals surface area contributed by atoms with Crippen molar-refractivity contribution < 1.29 is 0 Å². The molecule has 4 N–H and O–H groups in total. The van der Waals surface area contributed by atoms with E-state index in [0.29, 0.717) is 17.5 Å². The molecule has 0 bridgehead atoms. The second-order valence-corrected chi connectivity index (χ2v) is 6.49. The molecule has 2 aromatic rings. The summed E-state index contributed by atoms with van der Waals surface area (Å²) in [6, 6.07) is 8.80. The molecule has 1 aromatic heterocycles. The number of nitrogens with zero attached hydrogens (tertiary/aromatic N) is 2. The molecule has 128 valence electrons. The fourth-order valence-electron chi connectivity index (χ4n) is 3.19. The number of hydrogen-bond donors (Lipinski definition) is 3. The van der Waals surface area contributed by atoms with Gasteiger partial charge in [-0.1, -0.05) is 44.7 Å². The molecule has 0 saturated heterocycles. The van der Waals surface area contributed by atoms with Crippen LogP contribution in [0.5, 0.6) is 0 Å².